The molecule has 8 nitrogen and oxygen atoms in total. The third-order valence-electron chi connectivity index (χ3n) is 6.06. The number of hydrogen-bond donors (Lipinski definition) is 0. The van der Waals surface area contributed by atoms with E-state index in [2.05, 4.69) is 4.99 Å². The Hall–Kier alpha value is -2.67. The number of rotatable bonds is 8. The van der Waals surface area contributed by atoms with Crippen molar-refractivity contribution in [3.63, 3.8) is 0 Å². The average molecular weight is 540 g/mol. The molecule has 4 rings (SSSR count). The van der Waals surface area contributed by atoms with Crippen LogP contribution in [-0.2, 0) is 26.1 Å². The monoisotopic (exact) mass is 539 g/mol. The van der Waals surface area contributed by atoms with E-state index in [1.807, 2.05) is 6.92 Å². The van der Waals surface area contributed by atoms with Gasteiger partial charge in [-0.2, -0.15) is 9.30 Å². The van der Waals surface area contributed by atoms with Gasteiger partial charge in [-0.3, -0.25) is 4.79 Å². The predicted octanol–water partition coefficient (Wildman–Crippen LogP) is 3.55. The first-order valence-electron chi connectivity index (χ1n) is 11.5. The number of ether oxygens (including phenoxy) is 2. The smallest absolute Gasteiger partial charge is 0.251 e. The lowest BCUT2D eigenvalue weighted by Crippen LogP contribution is -2.40. The third kappa shape index (κ3) is 5.51. The van der Waals surface area contributed by atoms with E-state index in [4.69, 9.17) is 9.47 Å². The molecule has 0 aliphatic carbocycles. The van der Waals surface area contributed by atoms with Crippen LogP contribution in [0.1, 0.15) is 19.8 Å². The first-order valence-corrected chi connectivity index (χ1v) is 13.8. The maximum atomic E-state index is 14.6. The first kappa shape index (κ1) is 26.4. The molecule has 1 aliphatic rings. The molecule has 0 unspecified atom stereocenters. The Bertz CT molecular complexity index is 1410. The normalized spacial score (nSPS) is 16.1. The minimum absolute atomic E-state index is 0.160. The molecule has 1 fully saturated rings. The second-order valence-electron chi connectivity index (χ2n) is 8.27. The van der Waals surface area contributed by atoms with Crippen LogP contribution >= 0.6 is 11.3 Å². The number of fused-ring (bicyclic) bond motifs is 1. The molecule has 1 aliphatic heterocycles. The van der Waals surface area contributed by atoms with Crippen LogP contribution in [0.3, 0.4) is 0 Å². The number of halogens is 2. The molecule has 36 heavy (non-hydrogen) atoms. The zero-order valence-electron chi connectivity index (χ0n) is 19.9. The Labute approximate surface area is 211 Å². The number of methoxy groups -OCH3 is 1. The topological polar surface area (TPSA) is 90.2 Å². The fourth-order valence-corrected chi connectivity index (χ4v) is 6.72. The van der Waals surface area contributed by atoms with Gasteiger partial charge < -0.3 is 14.0 Å². The lowest BCUT2D eigenvalue weighted by molar-refractivity contribution is -0.122. The standard InChI is InChI=1S/C24H27F2N3O5S2/c1-3-34-13-12-29-22-20(26)14-17(25)15-21(22)35-24(29)27-23(30)16-8-10-28(11-9-16)36(31,32)19-6-4-18(33-2)5-7-19/h4-7,14-16H,3,8-13H2,1-2H3. The number of carbonyl (C=O) groups excluding carboxylic acids is 1. The molecule has 12 heteroatoms. The lowest BCUT2D eigenvalue weighted by Gasteiger charge is -2.29. The summed E-state index contributed by atoms with van der Waals surface area (Å²) in [6.45, 7) is 3.20. The number of piperidine rings is 1. The fraction of sp³-hybridized carbons (Fsp3) is 0.417. The number of aromatic nitrogens is 1. The molecule has 2 aromatic carbocycles. The van der Waals surface area contributed by atoms with E-state index in [-0.39, 0.29) is 41.5 Å². The van der Waals surface area contributed by atoms with E-state index >= 15 is 0 Å². The number of amides is 1. The molecule has 2 heterocycles. The van der Waals surface area contributed by atoms with Gasteiger partial charge in [0.25, 0.3) is 5.91 Å². The molecule has 3 aromatic rings. The van der Waals surface area contributed by atoms with Gasteiger partial charge in [0.15, 0.2) is 10.6 Å². The molecule has 1 saturated heterocycles. The number of nitrogens with zero attached hydrogens (tertiary/aromatic N) is 3. The molecule has 0 saturated carbocycles. The van der Waals surface area contributed by atoms with Crippen molar-refractivity contribution in [1.82, 2.24) is 8.87 Å². The van der Waals surface area contributed by atoms with E-state index in [0.29, 0.717) is 29.9 Å². The highest BCUT2D eigenvalue weighted by molar-refractivity contribution is 7.89. The molecular weight excluding hydrogens is 512 g/mol. The second kappa shape index (κ2) is 11.2. The summed E-state index contributed by atoms with van der Waals surface area (Å²) < 4.78 is 68.0. The van der Waals surface area contributed by atoms with Crippen LogP contribution in [-0.4, -0.2) is 56.6 Å². The number of carbonyl (C=O) groups is 1. The zero-order valence-corrected chi connectivity index (χ0v) is 21.6. The minimum atomic E-state index is -3.70. The van der Waals surface area contributed by atoms with Gasteiger partial charge in [0, 0.05) is 38.2 Å². The Balaban J connectivity index is 1.53. The van der Waals surface area contributed by atoms with Gasteiger partial charge in [0.05, 0.1) is 28.8 Å². The van der Waals surface area contributed by atoms with Crippen LogP contribution in [0.4, 0.5) is 8.78 Å². The molecule has 0 radical (unpaired) electrons. The van der Waals surface area contributed by atoms with E-state index < -0.39 is 33.5 Å². The fourth-order valence-electron chi connectivity index (χ4n) is 4.15. The quantitative estimate of drug-likeness (QED) is 0.409. The van der Waals surface area contributed by atoms with Crippen molar-refractivity contribution >= 4 is 37.5 Å². The van der Waals surface area contributed by atoms with Crippen molar-refractivity contribution in [3.8, 4) is 5.75 Å². The van der Waals surface area contributed by atoms with Crippen molar-refractivity contribution in [1.29, 1.82) is 0 Å². The summed E-state index contributed by atoms with van der Waals surface area (Å²) >= 11 is 1.03. The van der Waals surface area contributed by atoms with Crippen LogP contribution in [0, 0.1) is 17.6 Å². The van der Waals surface area contributed by atoms with Gasteiger partial charge in [0.1, 0.15) is 11.6 Å². The summed E-state index contributed by atoms with van der Waals surface area (Å²) in [7, 11) is -2.19. The highest BCUT2D eigenvalue weighted by atomic mass is 32.2. The lowest BCUT2D eigenvalue weighted by atomic mass is 9.98. The molecular formula is C24H27F2N3O5S2. The van der Waals surface area contributed by atoms with E-state index in [0.717, 1.165) is 17.4 Å². The number of hydrogen-bond acceptors (Lipinski definition) is 6. The van der Waals surface area contributed by atoms with Crippen molar-refractivity contribution in [3.05, 3.63) is 52.8 Å². The first-order chi connectivity index (χ1) is 17.2. The van der Waals surface area contributed by atoms with Gasteiger partial charge >= 0.3 is 0 Å². The van der Waals surface area contributed by atoms with Gasteiger partial charge in [-0.15, -0.1) is 0 Å². The van der Waals surface area contributed by atoms with Gasteiger partial charge in [-0.25, -0.2) is 17.2 Å². The summed E-state index contributed by atoms with van der Waals surface area (Å²) in [4.78, 5) is 17.7. The van der Waals surface area contributed by atoms with Crippen LogP contribution in [0.25, 0.3) is 10.2 Å². The van der Waals surface area contributed by atoms with Crippen LogP contribution < -0.4 is 9.54 Å². The van der Waals surface area contributed by atoms with Gasteiger partial charge in [-0.05, 0) is 50.1 Å². The van der Waals surface area contributed by atoms with Crippen molar-refractivity contribution in [2.45, 2.75) is 31.2 Å². The van der Waals surface area contributed by atoms with Crippen LogP contribution in [0.2, 0.25) is 0 Å². The number of thiazole rings is 1. The number of benzene rings is 2. The van der Waals surface area contributed by atoms with E-state index in [1.54, 1.807) is 12.1 Å². The highest BCUT2D eigenvalue weighted by Crippen LogP contribution is 2.26. The molecule has 0 N–H and O–H groups in total. The average Bonchev–Trinajstić information content (AvgIpc) is 3.21. The summed E-state index contributed by atoms with van der Waals surface area (Å²) in [5.41, 5.74) is 0.174. The van der Waals surface area contributed by atoms with Crippen molar-refractivity contribution < 1.29 is 31.5 Å². The molecule has 194 valence electrons. The Morgan fingerprint density at radius 1 is 1.17 bits per heavy atom. The molecule has 0 atom stereocenters. The zero-order chi connectivity index (χ0) is 25.9. The Morgan fingerprint density at radius 2 is 1.86 bits per heavy atom. The molecule has 1 amide bonds. The largest absolute Gasteiger partial charge is 0.497 e. The van der Waals surface area contributed by atoms with E-state index in [9.17, 15) is 22.0 Å². The van der Waals surface area contributed by atoms with E-state index in [1.165, 1.54) is 34.2 Å². The van der Waals surface area contributed by atoms with Crippen molar-refractivity contribution in [2.75, 3.05) is 33.4 Å². The van der Waals surface area contributed by atoms with Crippen LogP contribution in [0.5, 0.6) is 5.75 Å². The number of sulfonamides is 1. The summed E-state index contributed by atoms with van der Waals surface area (Å²) in [6.07, 6.45) is 0.620. The predicted molar refractivity (Wildman–Crippen MR) is 131 cm³/mol. The van der Waals surface area contributed by atoms with Gasteiger partial charge in [-0.1, -0.05) is 11.3 Å². The Morgan fingerprint density at radius 3 is 2.50 bits per heavy atom. The maximum Gasteiger partial charge on any atom is 0.251 e. The summed E-state index contributed by atoms with van der Waals surface area (Å²) in [6, 6.07) is 8.17. The van der Waals surface area contributed by atoms with Gasteiger partial charge in [0.2, 0.25) is 10.0 Å². The summed E-state index contributed by atoms with van der Waals surface area (Å²) in [5.74, 6) is -1.76. The summed E-state index contributed by atoms with van der Waals surface area (Å²) in [5, 5.41) is 0. The Kier molecular flexibility index (Phi) is 8.18. The molecule has 1 aromatic heterocycles. The highest BCUT2D eigenvalue weighted by Gasteiger charge is 2.32. The van der Waals surface area contributed by atoms with Crippen LogP contribution in [0.15, 0.2) is 46.3 Å². The van der Waals surface area contributed by atoms with Crippen molar-refractivity contribution in [2.24, 2.45) is 10.9 Å². The molecule has 0 spiro atoms. The third-order valence-corrected chi connectivity index (χ3v) is 9.00. The second-order valence-corrected chi connectivity index (χ2v) is 11.2. The SMILES string of the molecule is CCOCCn1c(=NC(=O)C2CCN(S(=O)(=O)c3ccc(OC)cc3)CC2)sc2cc(F)cc(F)c21. The minimum Gasteiger partial charge on any atom is -0.497 e. The maximum absolute atomic E-state index is 14.6. The molecule has 0 bridgehead atoms.